The molecule has 0 bridgehead atoms. The second-order valence-corrected chi connectivity index (χ2v) is 7.16. The van der Waals surface area contributed by atoms with Gasteiger partial charge in [0, 0.05) is 16.6 Å². The second kappa shape index (κ2) is 7.72. The summed E-state index contributed by atoms with van der Waals surface area (Å²) in [7, 11) is 0. The van der Waals surface area contributed by atoms with E-state index in [-0.39, 0.29) is 22.7 Å². The molecule has 0 aliphatic heterocycles. The molecule has 1 heterocycles. The Hall–Kier alpha value is -1.99. The zero-order chi connectivity index (χ0) is 16.9. The Labute approximate surface area is 148 Å². The van der Waals surface area contributed by atoms with Gasteiger partial charge in [0.05, 0.1) is 6.54 Å². The van der Waals surface area contributed by atoms with Crippen molar-refractivity contribution in [2.24, 2.45) is 5.92 Å². The number of hydrogen-bond donors (Lipinski definition) is 2. The van der Waals surface area contributed by atoms with Crippen LogP contribution in [0.3, 0.4) is 0 Å². The lowest BCUT2D eigenvalue weighted by Gasteiger charge is -2.08. The van der Waals surface area contributed by atoms with Gasteiger partial charge in [0.1, 0.15) is 5.01 Å². The van der Waals surface area contributed by atoms with Crippen LogP contribution >= 0.6 is 22.9 Å². The van der Waals surface area contributed by atoms with Gasteiger partial charge in [-0.1, -0.05) is 41.8 Å². The van der Waals surface area contributed by atoms with Crippen LogP contribution in [-0.2, 0) is 11.3 Å². The monoisotopic (exact) mass is 364 g/mol. The molecule has 1 aromatic carbocycles. The lowest BCUT2D eigenvalue weighted by molar-refractivity contribution is -0.124. The first kappa shape index (κ1) is 16.9. The number of benzene rings is 1. The maximum atomic E-state index is 12.2. The molecular formula is C16H17ClN4O2S. The molecule has 1 aliphatic rings. The summed E-state index contributed by atoms with van der Waals surface area (Å²) < 4.78 is 0. The molecule has 2 N–H and O–H groups in total. The van der Waals surface area contributed by atoms with E-state index in [0.29, 0.717) is 22.3 Å². The van der Waals surface area contributed by atoms with Gasteiger partial charge in [0.2, 0.25) is 10.9 Å². The summed E-state index contributed by atoms with van der Waals surface area (Å²) in [6, 6.07) is 6.88. The number of nitrogens with zero attached hydrogens (tertiary/aromatic N) is 2. The predicted octanol–water partition coefficient (Wildman–Crippen LogP) is 3.25. The summed E-state index contributed by atoms with van der Waals surface area (Å²) in [4.78, 5) is 24.1. The molecule has 2 aromatic rings. The molecule has 1 fully saturated rings. The minimum Gasteiger partial charge on any atom is -0.349 e. The second-order valence-electron chi connectivity index (χ2n) is 5.66. The molecule has 8 heteroatoms. The van der Waals surface area contributed by atoms with Gasteiger partial charge in [0.25, 0.3) is 5.91 Å². The molecule has 0 saturated heterocycles. The van der Waals surface area contributed by atoms with Gasteiger partial charge in [-0.25, -0.2) is 0 Å². The van der Waals surface area contributed by atoms with Crippen molar-refractivity contribution in [1.29, 1.82) is 0 Å². The van der Waals surface area contributed by atoms with Crippen LogP contribution in [0, 0.1) is 5.92 Å². The van der Waals surface area contributed by atoms with E-state index in [2.05, 4.69) is 20.8 Å². The Morgan fingerprint density at radius 2 is 2.04 bits per heavy atom. The smallest absolute Gasteiger partial charge is 0.286 e. The normalized spacial score (nSPS) is 14.5. The molecule has 6 nitrogen and oxygen atoms in total. The summed E-state index contributed by atoms with van der Waals surface area (Å²) in [6.45, 7) is 0.303. The average Bonchev–Trinajstić information content (AvgIpc) is 3.24. The molecule has 1 saturated carbocycles. The first-order valence-electron chi connectivity index (χ1n) is 7.79. The first-order chi connectivity index (χ1) is 11.6. The van der Waals surface area contributed by atoms with E-state index in [0.717, 1.165) is 25.7 Å². The van der Waals surface area contributed by atoms with Gasteiger partial charge in [-0.05, 0) is 31.0 Å². The van der Waals surface area contributed by atoms with Crippen molar-refractivity contribution in [2.75, 3.05) is 5.32 Å². The fraction of sp³-hybridized carbons (Fsp3) is 0.375. The molecule has 0 atom stereocenters. The highest BCUT2D eigenvalue weighted by Gasteiger charge is 2.22. The van der Waals surface area contributed by atoms with Crippen molar-refractivity contribution in [3.63, 3.8) is 0 Å². The van der Waals surface area contributed by atoms with Gasteiger partial charge in [0.15, 0.2) is 0 Å². The number of halogens is 1. The molecule has 126 valence electrons. The van der Waals surface area contributed by atoms with Gasteiger partial charge >= 0.3 is 0 Å². The number of hydrogen-bond acceptors (Lipinski definition) is 5. The van der Waals surface area contributed by atoms with E-state index in [1.807, 2.05) is 0 Å². The van der Waals surface area contributed by atoms with E-state index in [1.54, 1.807) is 24.3 Å². The first-order valence-corrected chi connectivity index (χ1v) is 8.98. The molecule has 24 heavy (non-hydrogen) atoms. The third-order valence-corrected chi connectivity index (χ3v) is 5.04. The van der Waals surface area contributed by atoms with E-state index in [4.69, 9.17) is 11.6 Å². The molecule has 0 spiro atoms. The molecule has 0 unspecified atom stereocenters. The van der Waals surface area contributed by atoms with Crippen LogP contribution in [0.15, 0.2) is 24.3 Å². The van der Waals surface area contributed by atoms with Crippen LogP contribution in [0.25, 0.3) is 0 Å². The molecule has 1 aliphatic carbocycles. The van der Waals surface area contributed by atoms with E-state index in [1.165, 1.54) is 11.3 Å². The van der Waals surface area contributed by atoms with Crippen molar-refractivity contribution >= 4 is 40.4 Å². The summed E-state index contributed by atoms with van der Waals surface area (Å²) >= 11 is 7.05. The number of aromatic nitrogens is 2. The van der Waals surface area contributed by atoms with Gasteiger partial charge < -0.3 is 10.6 Å². The average molecular weight is 365 g/mol. The number of nitrogens with one attached hydrogen (secondary N) is 2. The van der Waals surface area contributed by atoms with Crippen LogP contribution in [0.5, 0.6) is 0 Å². The lowest BCUT2D eigenvalue weighted by Crippen LogP contribution is -2.28. The van der Waals surface area contributed by atoms with Crippen LogP contribution < -0.4 is 10.6 Å². The highest BCUT2D eigenvalue weighted by atomic mass is 35.5. The summed E-state index contributed by atoms with van der Waals surface area (Å²) in [6.07, 6.45) is 4.14. The number of carbonyl (C=O) groups excluding carboxylic acids is 2. The summed E-state index contributed by atoms with van der Waals surface area (Å²) in [5.74, 6) is -0.167. The van der Waals surface area contributed by atoms with Crippen molar-refractivity contribution < 1.29 is 9.59 Å². The lowest BCUT2D eigenvalue weighted by atomic mass is 10.1. The highest BCUT2D eigenvalue weighted by Crippen LogP contribution is 2.24. The van der Waals surface area contributed by atoms with Crippen LogP contribution in [0.1, 0.15) is 40.5 Å². The topological polar surface area (TPSA) is 84.0 Å². The third kappa shape index (κ3) is 4.30. The molecule has 1 aromatic heterocycles. The van der Waals surface area contributed by atoms with Gasteiger partial charge in [-0.3, -0.25) is 9.59 Å². The van der Waals surface area contributed by atoms with Crippen molar-refractivity contribution in [1.82, 2.24) is 15.5 Å². The van der Waals surface area contributed by atoms with Gasteiger partial charge in [-0.15, -0.1) is 10.2 Å². The molecule has 2 amide bonds. The zero-order valence-corrected chi connectivity index (χ0v) is 14.5. The number of carbonyl (C=O) groups is 2. The van der Waals surface area contributed by atoms with Crippen LogP contribution in [0.2, 0.25) is 5.02 Å². The fourth-order valence-corrected chi connectivity index (χ4v) is 3.53. The maximum absolute atomic E-state index is 12.2. The number of anilines is 1. The van der Waals surface area contributed by atoms with E-state index in [9.17, 15) is 9.59 Å². The fourth-order valence-electron chi connectivity index (χ4n) is 2.66. The minimum atomic E-state index is -0.344. The quantitative estimate of drug-likeness (QED) is 0.852. The SMILES string of the molecule is O=C(Nc1cccc(Cl)c1)c1nnc(CNC(=O)C2CCCC2)s1. The molecule has 3 rings (SSSR count). The molecular weight excluding hydrogens is 348 g/mol. The number of amides is 2. The Bertz CT molecular complexity index is 743. The Morgan fingerprint density at radius 1 is 1.25 bits per heavy atom. The van der Waals surface area contributed by atoms with Gasteiger partial charge in [-0.2, -0.15) is 0 Å². The van der Waals surface area contributed by atoms with Crippen molar-refractivity contribution in [3.05, 3.63) is 39.3 Å². The summed E-state index contributed by atoms with van der Waals surface area (Å²) in [5.41, 5.74) is 0.596. The Balaban J connectivity index is 1.54. The Kier molecular flexibility index (Phi) is 5.42. The van der Waals surface area contributed by atoms with E-state index < -0.39 is 0 Å². The zero-order valence-electron chi connectivity index (χ0n) is 12.9. The predicted molar refractivity (Wildman–Crippen MR) is 93.1 cm³/mol. The van der Waals surface area contributed by atoms with Crippen molar-refractivity contribution in [3.8, 4) is 0 Å². The maximum Gasteiger partial charge on any atom is 0.286 e. The summed E-state index contributed by atoms with van der Waals surface area (Å²) in [5, 5.41) is 14.8. The number of rotatable bonds is 5. The highest BCUT2D eigenvalue weighted by molar-refractivity contribution is 7.13. The van der Waals surface area contributed by atoms with Crippen molar-refractivity contribution in [2.45, 2.75) is 32.2 Å². The van der Waals surface area contributed by atoms with E-state index >= 15 is 0 Å². The Morgan fingerprint density at radius 3 is 2.79 bits per heavy atom. The minimum absolute atomic E-state index is 0.0626. The standard InChI is InChI=1S/C16H17ClN4O2S/c17-11-6-3-7-12(8-11)19-15(23)16-21-20-13(24-16)9-18-14(22)10-4-1-2-5-10/h3,6-8,10H,1-2,4-5,9H2,(H,18,22)(H,19,23). The van der Waals surface area contributed by atoms with Crippen LogP contribution in [-0.4, -0.2) is 22.0 Å². The molecule has 0 radical (unpaired) electrons. The third-order valence-electron chi connectivity index (χ3n) is 3.88. The largest absolute Gasteiger partial charge is 0.349 e. The van der Waals surface area contributed by atoms with Crippen LogP contribution in [0.4, 0.5) is 5.69 Å².